The average Bonchev–Trinajstić information content (AvgIpc) is 3.31. The highest BCUT2D eigenvalue weighted by Gasteiger charge is 2.70. The molecule has 0 aromatic heterocycles. The van der Waals surface area contributed by atoms with E-state index in [-0.39, 0.29) is 23.8 Å². The van der Waals surface area contributed by atoms with Crippen LogP contribution in [-0.4, -0.2) is 48.3 Å². The molecule has 0 aromatic carbocycles. The van der Waals surface area contributed by atoms with E-state index in [1.165, 1.54) is 7.11 Å². The number of esters is 3. The molecule has 2 bridgehead atoms. The molecule has 170 valence electrons. The lowest BCUT2D eigenvalue weighted by atomic mass is 9.78. The lowest BCUT2D eigenvalue weighted by Gasteiger charge is -2.32. The van der Waals surface area contributed by atoms with Crippen molar-refractivity contribution in [3.8, 4) is 0 Å². The number of carboxylic acid groups (broad SMARTS) is 1. The van der Waals surface area contributed by atoms with Crippen LogP contribution in [0.1, 0.15) is 60.8 Å². The van der Waals surface area contributed by atoms with Crippen molar-refractivity contribution in [2.75, 3.05) is 7.11 Å². The van der Waals surface area contributed by atoms with Gasteiger partial charge in [0.25, 0.3) is 0 Å². The highest BCUT2D eigenvalue weighted by molar-refractivity contribution is 5.86. The van der Waals surface area contributed by atoms with Crippen LogP contribution in [0.25, 0.3) is 0 Å². The van der Waals surface area contributed by atoms with Gasteiger partial charge in [0.1, 0.15) is 12.2 Å². The third-order valence-electron chi connectivity index (χ3n) is 7.16. The summed E-state index contributed by atoms with van der Waals surface area (Å²) in [5.41, 5.74) is -1.13. The van der Waals surface area contributed by atoms with Crippen molar-refractivity contribution in [1.82, 2.24) is 0 Å². The maximum atomic E-state index is 12.4. The Labute approximate surface area is 177 Å². The molecule has 6 unspecified atom stereocenters. The summed E-state index contributed by atoms with van der Waals surface area (Å²) in [5.74, 6) is -3.01. The summed E-state index contributed by atoms with van der Waals surface area (Å²) in [5, 5.41) is 8.44. The van der Waals surface area contributed by atoms with Gasteiger partial charge >= 0.3 is 23.9 Å². The lowest BCUT2D eigenvalue weighted by molar-refractivity contribution is -0.173. The molecule has 1 N–H and O–H groups in total. The number of hydrogen-bond donors (Lipinski definition) is 1. The van der Waals surface area contributed by atoms with E-state index in [0.717, 1.165) is 0 Å². The van der Waals surface area contributed by atoms with E-state index in [1.54, 1.807) is 13.8 Å². The van der Waals surface area contributed by atoms with E-state index in [1.807, 2.05) is 27.7 Å². The van der Waals surface area contributed by atoms with Gasteiger partial charge in [-0.3, -0.25) is 19.2 Å². The number of carboxylic acids is 1. The first kappa shape index (κ1) is 24.2. The molecule has 2 saturated carbocycles. The highest BCUT2D eigenvalue weighted by Crippen LogP contribution is 2.59. The van der Waals surface area contributed by atoms with Gasteiger partial charge < -0.3 is 19.3 Å². The first-order valence-electron chi connectivity index (χ1n) is 10.5. The number of ether oxygens (including phenoxy) is 3. The summed E-state index contributed by atoms with van der Waals surface area (Å²) in [6.45, 7) is 10.9. The van der Waals surface area contributed by atoms with Crippen molar-refractivity contribution in [3.05, 3.63) is 0 Å². The van der Waals surface area contributed by atoms with E-state index in [9.17, 15) is 19.2 Å². The smallest absolute Gasteiger partial charge is 0.311 e. The maximum absolute atomic E-state index is 12.4. The molecule has 8 nitrogen and oxygen atoms in total. The van der Waals surface area contributed by atoms with Crippen LogP contribution in [0.4, 0.5) is 0 Å². The zero-order chi connectivity index (χ0) is 23.0. The molecule has 1 saturated heterocycles. The fraction of sp³-hybridized carbons (Fsp3) is 0.818. The molecular weight excluding hydrogens is 392 g/mol. The molecule has 0 amide bonds. The van der Waals surface area contributed by atoms with Gasteiger partial charge in [-0.05, 0) is 47.0 Å². The molecule has 0 spiro atoms. The van der Waals surface area contributed by atoms with Crippen LogP contribution in [0.15, 0.2) is 0 Å². The van der Waals surface area contributed by atoms with Crippen LogP contribution in [0.3, 0.4) is 0 Å². The molecule has 2 aliphatic carbocycles. The molecule has 3 rings (SSSR count). The Balaban J connectivity index is 0.000000343. The largest absolute Gasteiger partial charge is 0.481 e. The minimum absolute atomic E-state index is 0.0378. The van der Waals surface area contributed by atoms with Crippen LogP contribution in [0.5, 0.6) is 0 Å². The topological polar surface area (TPSA) is 116 Å². The molecule has 3 fully saturated rings. The van der Waals surface area contributed by atoms with E-state index in [0.29, 0.717) is 19.3 Å². The second kappa shape index (κ2) is 8.55. The van der Waals surface area contributed by atoms with Gasteiger partial charge in [0.05, 0.1) is 29.8 Å². The zero-order valence-electron chi connectivity index (χ0n) is 18.9. The van der Waals surface area contributed by atoms with Gasteiger partial charge in [0.15, 0.2) is 0 Å². The van der Waals surface area contributed by atoms with Gasteiger partial charge in [-0.2, -0.15) is 0 Å². The Morgan fingerprint density at radius 3 is 2.07 bits per heavy atom. The summed E-state index contributed by atoms with van der Waals surface area (Å²) >= 11 is 0. The summed E-state index contributed by atoms with van der Waals surface area (Å²) in [7, 11) is 1.31. The highest BCUT2D eigenvalue weighted by atomic mass is 16.6. The number of carbonyl (C=O) groups excluding carboxylic acids is 3. The Kier molecular flexibility index (Phi) is 6.89. The predicted octanol–water partition coefficient (Wildman–Crippen LogP) is 2.82. The van der Waals surface area contributed by atoms with Gasteiger partial charge in [-0.15, -0.1) is 0 Å². The van der Waals surface area contributed by atoms with E-state index in [4.69, 9.17) is 19.3 Å². The number of rotatable bonds is 6. The SMILES string of the molecule is CCC(C)(C)C(=O)O.CCC(C)(C)C(=O)OC1C2CC3C1OC(=O)C3C2C(=O)OC. The Morgan fingerprint density at radius 1 is 1.07 bits per heavy atom. The number of hydrogen-bond acceptors (Lipinski definition) is 7. The van der Waals surface area contributed by atoms with Crippen molar-refractivity contribution >= 4 is 23.9 Å². The van der Waals surface area contributed by atoms with Crippen LogP contribution in [0, 0.1) is 34.5 Å². The van der Waals surface area contributed by atoms with Crippen molar-refractivity contribution in [1.29, 1.82) is 0 Å². The monoisotopic (exact) mass is 426 g/mol. The van der Waals surface area contributed by atoms with Crippen molar-refractivity contribution < 1.29 is 38.5 Å². The summed E-state index contributed by atoms with van der Waals surface area (Å²) < 4.78 is 15.9. The zero-order valence-corrected chi connectivity index (χ0v) is 18.9. The quantitative estimate of drug-likeness (QED) is 0.509. The molecule has 1 aliphatic heterocycles. The van der Waals surface area contributed by atoms with Crippen LogP contribution in [0.2, 0.25) is 0 Å². The first-order chi connectivity index (χ1) is 13.8. The van der Waals surface area contributed by atoms with Crippen molar-refractivity contribution in [2.45, 2.75) is 73.0 Å². The minimum Gasteiger partial charge on any atom is -0.481 e. The minimum atomic E-state index is -0.722. The standard InChI is InChI=1S/C16H22O6.C6H12O2/c1-5-16(2,3)15(19)22-12-7-6-8-10(9(7)13(17)20-4)14(18)21-11(8)12;1-4-6(2,3)5(7)8/h7-12H,5-6H2,1-4H3;4H2,1-3H3,(H,7,8). The average molecular weight is 427 g/mol. The Bertz CT molecular complexity index is 710. The van der Waals surface area contributed by atoms with Crippen LogP contribution < -0.4 is 0 Å². The summed E-state index contributed by atoms with van der Waals surface area (Å²) in [4.78, 5) is 46.7. The van der Waals surface area contributed by atoms with Gasteiger partial charge in [-0.25, -0.2) is 0 Å². The fourth-order valence-corrected chi connectivity index (χ4v) is 4.18. The number of fused-ring (bicyclic) bond motifs is 1. The molecule has 0 aromatic rings. The van der Waals surface area contributed by atoms with Gasteiger partial charge in [-0.1, -0.05) is 13.8 Å². The third-order valence-corrected chi connectivity index (χ3v) is 7.16. The molecular formula is C22H34O8. The fourth-order valence-electron chi connectivity index (χ4n) is 4.18. The van der Waals surface area contributed by atoms with Crippen LogP contribution in [-0.2, 0) is 33.4 Å². The number of methoxy groups -OCH3 is 1. The Morgan fingerprint density at radius 2 is 1.63 bits per heavy atom. The van der Waals surface area contributed by atoms with Gasteiger partial charge in [0, 0.05) is 11.8 Å². The summed E-state index contributed by atoms with van der Waals surface area (Å²) in [6, 6.07) is 0. The van der Waals surface area contributed by atoms with E-state index >= 15 is 0 Å². The predicted molar refractivity (Wildman–Crippen MR) is 106 cm³/mol. The van der Waals surface area contributed by atoms with Crippen molar-refractivity contribution in [3.63, 3.8) is 0 Å². The van der Waals surface area contributed by atoms with Gasteiger partial charge in [0.2, 0.25) is 0 Å². The number of carbonyl (C=O) groups is 4. The second-order valence-electron chi connectivity index (χ2n) is 9.69. The van der Waals surface area contributed by atoms with E-state index in [2.05, 4.69) is 0 Å². The van der Waals surface area contributed by atoms with E-state index < -0.39 is 46.8 Å². The normalized spacial score (nSPS) is 31.5. The second-order valence-corrected chi connectivity index (χ2v) is 9.69. The molecule has 30 heavy (non-hydrogen) atoms. The lowest BCUT2D eigenvalue weighted by Crippen LogP contribution is -2.45. The molecule has 8 heteroatoms. The number of aliphatic carboxylic acids is 1. The van der Waals surface area contributed by atoms with Crippen molar-refractivity contribution in [2.24, 2.45) is 34.5 Å². The first-order valence-corrected chi connectivity index (χ1v) is 10.5. The Hall–Kier alpha value is -2.12. The third kappa shape index (κ3) is 4.18. The maximum Gasteiger partial charge on any atom is 0.311 e. The molecule has 0 radical (unpaired) electrons. The van der Waals surface area contributed by atoms with Crippen LogP contribution >= 0.6 is 0 Å². The molecule has 3 aliphatic rings. The molecule has 1 heterocycles. The summed E-state index contributed by atoms with van der Waals surface area (Å²) in [6.07, 6.45) is 1.07. The molecule has 6 atom stereocenters.